The van der Waals surface area contributed by atoms with Crippen molar-refractivity contribution in [2.45, 2.75) is 24.9 Å². The third kappa shape index (κ3) is 3.47. The maximum atomic E-state index is 11.7. The number of hydrogen-bond donors (Lipinski definition) is 1. The summed E-state index contributed by atoms with van der Waals surface area (Å²) in [5.74, 6) is -0.980. The van der Waals surface area contributed by atoms with Crippen LogP contribution in [-0.2, 0) is 21.6 Å². The first kappa shape index (κ1) is 15.2. The Kier molecular flexibility index (Phi) is 5.06. The Labute approximate surface area is 124 Å². The van der Waals surface area contributed by atoms with Crippen LogP contribution in [0.25, 0.3) is 0 Å². The number of benzene rings is 1. The largest absolute Gasteiger partial charge is 0.479 e. The normalized spacial score (nSPS) is 13.6. The van der Waals surface area contributed by atoms with Gasteiger partial charge in [0, 0.05) is 25.1 Å². The zero-order chi connectivity index (χ0) is 15.1. The third-order valence-electron chi connectivity index (χ3n) is 3.66. The number of aromatic nitrogens is 1. The number of nitrogens with zero attached hydrogens (tertiary/aromatic N) is 1. The van der Waals surface area contributed by atoms with Crippen LogP contribution in [0.4, 0.5) is 0 Å². The highest BCUT2D eigenvalue weighted by atomic mass is 16.5. The topological polar surface area (TPSA) is 59.4 Å². The molecule has 1 atom stereocenters. The highest BCUT2D eigenvalue weighted by Crippen LogP contribution is 2.31. The van der Waals surface area contributed by atoms with Crippen LogP contribution in [0.15, 0.2) is 54.9 Å². The molecule has 0 saturated heterocycles. The molecule has 1 aromatic heterocycles. The fraction of sp³-hybridized carbons (Fsp3) is 0.294. The van der Waals surface area contributed by atoms with Crippen LogP contribution < -0.4 is 0 Å². The van der Waals surface area contributed by atoms with Crippen molar-refractivity contribution in [3.8, 4) is 0 Å². The lowest BCUT2D eigenvalue weighted by atomic mass is 9.88. The van der Waals surface area contributed by atoms with Crippen molar-refractivity contribution in [2.75, 3.05) is 7.11 Å². The summed E-state index contributed by atoms with van der Waals surface area (Å²) in [6.45, 7) is 0. The fourth-order valence-electron chi connectivity index (χ4n) is 2.47. The summed E-state index contributed by atoms with van der Waals surface area (Å²) >= 11 is 0. The van der Waals surface area contributed by atoms with Crippen molar-refractivity contribution in [3.63, 3.8) is 0 Å². The number of hydrogen-bond acceptors (Lipinski definition) is 3. The number of methoxy groups -OCH3 is 1. The van der Waals surface area contributed by atoms with E-state index in [2.05, 4.69) is 4.98 Å². The molecule has 0 spiro atoms. The number of carboxylic acids is 1. The molecule has 0 fully saturated rings. The Morgan fingerprint density at radius 3 is 2.57 bits per heavy atom. The molecule has 1 N–H and O–H groups in total. The van der Waals surface area contributed by atoms with E-state index in [0.29, 0.717) is 12.0 Å². The van der Waals surface area contributed by atoms with Crippen molar-refractivity contribution in [3.05, 3.63) is 66.0 Å². The van der Waals surface area contributed by atoms with E-state index in [1.165, 1.54) is 12.7 Å². The van der Waals surface area contributed by atoms with E-state index in [9.17, 15) is 9.90 Å². The van der Waals surface area contributed by atoms with Crippen LogP contribution in [0.3, 0.4) is 0 Å². The summed E-state index contributed by atoms with van der Waals surface area (Å²) in [4.78, 5) is 15.7. The molecule has 2 aromatic rings. The molecule has 0 aliphatic heterocycles. The van der Waals surface area contributed by atoms with Crippen molar-refractivity contribution in [1.82, 2.24) is 4.98 Å². The molecule has 0 amide bonds. The van der Waals surface area contributed by atoms with Crippen LogP contribution >= 0.6 is 0 Å². The molecule has 0 aliphatic rings. The van der Waals surface area contributed by atoms with Gasteiger partial charge in [-0.05, 0) is 30.9 Å². The van der Waals surface area contributed by atoms with Gasteiger partial charge in [0.25, 0.3) is 0 Å². The van der Waals surface area contributed by atoms with Gasteiger partial charge in [-0.15, -0.1) is 0 Å². The molecule has 1 aromatic carbocycles. The predicted molar refractivity (Wildman–Crippen MR) is 79.9 cm³/mol. The minimum absolute atomic E-state index is 0.402. The fourth-order valence-corrected chi connectivity index (χ4v) is 2.47. The van der Waals surface area contributed by atoms with E-state index in [1.54, 1.807) is 24.5 Å². The van der Waals surface area contributed by atoms with Crippen molar-refractivity contribution >= 4 is 5.97 Å². The lowest BCUT2D eigenvalue weighted by Gasteiger charge is -2.28. The second kappa shape index (κ2) is 6.99. The molecular formula is C17H19NO3. The zero-order valence-corrected chi connectivity index (χ0v) is 12.0. The Bertz CT molecular complexity index is 571. The minimum Gasteiger partial charge on any atom is -0.479 e. The quantitative estimate of drug-likeness (QED) is 0.849. The van der Waals surface area contributed by atoms with E-state index in [-0.39, 0.29) is 0 Å². The molecule has 4 heteroatoms. The van der Waals surface area contributed by atoms with Crippen molar-refractivity contribution in [2.24, 2.45) is 0 Å². The zero-order valence-electron chi connectivity index (χ0n) is 12.0. The number of ether oxygens (including phenoxy) is 1. The van der Waals surface area contributed by atoms with Gasteiger partial charge < -0.3 is 9.84 Å². The van der Waals surface area contributed by atoms with E-state index in [4.69, 9.17) is 4.74 Å². The Morgan fingerprint density at radius 2 is 2.00 bits per heavy atom. The minimum atomic E-state index is -1.33. The van der Waals surface area contributed by atoms with Gasteiger partial charge in [0.05, 0.1) is 0 Å². The number of carboxylic acid groups (broad SMARTS) is 1. The summed E-state index contributed by atoms with van der Waals surface area (Å²) in [7, 11) is 1.43. The molecule has 0 aliphatic carbocycles. The van der Waals surface area contributed by atoms with Crippen LogP contribution in [-0.4, -0.2) is 23.2 Å². The molecule has 2 rings (SSSR count). The summed E-state index contributed by atoms with van der Waals surface area (Å²) in [5, 5.41) is 9.62. The highest BCUT2D eigenvalue weighted by molar-refractivity contribution is 5.79. The molecule has 4 nitrogen and oxygen atoms in total. The maximum absolute atomic E-state index is 11.7. The highest BCUT2D eigenvalue weighted by Gasteiger charge is 2.40. The van der Waals surface area contributed by atoms with Gasteiger partial charge in [-0.1, -0.05) is 36.4 Å². The van der Waals surface area contributed by atoms with Gasteiger partial charge in [-0.2, -0.15) is 0 Å². The Balaban J connectivity index is 2.12. The molecule has 110 valence electrons. The number of aliphatic carboxylic acids is 1. The van der Waals surface area contributed by atoms with Crippen LogP contribution in [0.1, 0.15) is 24.0 Å². The van der Waals surface area contributed by atoms with Gasteiger partial charge in [-0.25, -0.2) is 4.79 Å². The molecule has 1 unspecified atom stereocenters. The second-order valence-electron chi connectivity index (χ2n) is 4.92. The summed E-state index contributed by atoms with van der Waals surface area (Å²) in [5.41, 5.74) is 0.440. The first-order valence-corrected chi connectivity index (χ1v) is 6.92. The van der Waals surface area contributed by atoms with Gasteiger partial charge in [-0.3, -0.25) is 4.98 Å². The Morgan fingerprint density at radius 1 is 1.24 bits per heavy atom. The smallest absolute Gasteiger partial charge is 0.340 e. The number of pyridine rings is 1. The number of carbonyl (C=O) groups is 1. The van der Waals surface area contributed by atoms with Gasteiger partial charge in [0.2, 0.25) is 0 Å². The lowest BCUT2D eigenvalue weighted by Crippen LogP contribution is -2.38. The lowest BCUT2D eigenvalue weighted by molar-refractivity contribution is -0.165. The van der Waals surface area contributed by atoms with Gasteiger partial charge >= 0.3 is 5.97 Å². The standard InChI is InChI=1S/C17H19NO3/c1-21-17(16(19)20,15-10-6-12-18-13-15)11-5-9-14-7-3-2-4-8-14/h2-4,6-8,10,12-13H,5,9,11H2,1H3,(H,19,20). The van der Waals surface area contributed by atoms with Crippen molar-refractivity contribution < 1.29 is 14.6 Å². The van der Waals surface area contributed by atoms with Crippen molar-refractivity contribution in [1.29, 1.82) is 0 Å². The van der Waals surface area contributed by atoms with E-state index in [1.807, 2.05) is 30.3 Å². The molecule has 1 heterocycles. The summed E-state index contributed by atoms with van der Waals surface area (Å²) in [6.07, 6.45) is 5.12. The first-order chi connectivity index (χ1) is 10.2. The third-order valence-corrected chi connectivity index (χ3v) is 3.66. The van der Waals surface area contributed by atoms with Crippen LogP contribution in [0.5, 0.6) is 0 Å². The second-order valence-corrected chi connectivity index (χ2v) is 4.92. The van der Waals surface area contributed by atoms with Gasteiger partial charge in [0.1, 0.15) is 0 Å². The number of rotatable bonds is 7. The average molecular weight is 285 g/mol. The van der Waals surface area contributed by atoms with E-state index in [0.717, 1.165) is 12.8 Å². The van der Waals surface area contributed by atoms with E-state index >= 15 is 0 Å². The Hall–Kier alpha value is -2.20. The van der Waals surface area contributed by atoms with Crippen LogP contribution in [0, 0.1) is 0 Å². The molecule has 0 bridgehead atoms. The number of aryl methyl sites for hydroxylation is 1. The monoisotopic (exact) mass is 285 g/mol. The maximum Gasteiger partial charge on any atom is 0.340 e. The predicted octanol–water partition coefficient (Wildman–Crippen LogP) is 3.03. The molecule has 0 saturated carbocycles. The molecular weight excluding hydrogens is 266 g/mol. The first-order valence-electron chi connectivity index (χ1n) is 6.92. The van der Waals surface area contributed by atoms with E-state index < -0.39 is 11.6 Å². The molecule has 0 radical (unpaired) electrons. The van der Waals surface area contributed by atoms with Crippen LogP contribution in [0.2, 0.25) is 0 Å². The summed E-state index contributed by atoms with van der Waals surface area (Å²) < 4.78 is 5.38. The SMILES string of the molecule is COC(CCCc1ccccc1)(C(=O)O)c1cccnc1. The average Bonchev–Trinajstić information content (AvgIpc) is 2.53. The molecule has 21 heavy (non-hydrogen) atoms. The summed E-state index contributed by atoms with van der Waals surface area (Å²) in [6, 6.07) is 13.5. The van der Waals surface area contributed by atoms with Gasteiger partial charge in [0.15, 0.2) is 5.60 Å².